The minimum Gasteiger partial charge on any atom is -0.444 e. The van der Waals surface area contributed by atoms with Gasteiger partial charge in [-0.2, -0.15) is 0 Å². The predicted octanol–water partition coefficient (Wildman–Crippen LogP) is 5.75. The molecule has 1 atom stereocenters. The fraction of sp³-hybridized carbons (Fsp3) is 0.483. The molecule has 0 radical (unpaired) electrons. The monoisotopic (exact) mass is 495 g/mol. The molecule has 0 aliphatic carbocycles. The lowest BCUT2D eigenvalue weighted by molar-refractivity contribution is -0.138. The van der Waals surface area contributed by atoms with Gasteiger partial charge in [-0.05, 0) is 82.7 Å². The summed E-state index contributed by atoms with van der Waals surface area (Å²) in [5.74, 6) is -0.639. The molecule has 0 aliphatic rings. The summed E-state index contributed by atoms with van der Waals surface area (Å²) in [4.78, 5) is 41.2. The molecule has 0 aliphatic heterocycles. The average molecular weight is 496 g/mol. The molecular formula is C29H41N3O4. The zero-order chi connectivity index (χ0) is 27.0. The van der Waals surface area contributed by atoms with Gasteiger partial charge in [0.15, 0.2) is 0 Å². The van der Waals surface area contributed by atoms with Crippen molar-refractivity contribution in [2.45, 2.75) is 79.9 Å². The topological polar surface area (TPSA) is 87.7 Å². The first-order valence-electron chi connectivity index (χ1n) is 12.5. The molecule has 0 saturated heterocycles. The first-order valence-corrected chi connectivity index (χ1v) is 12.5. The van der Waals surface area contributed by atoms with Crippen LogP contribution in [0.5, 0.6) is 0 Å². The second-order valence-electron chi connectivity index (χ2n) is 10.2. The molecule has 0 saturated carbocycles. The number of carbonyl (C=O) groups is 3. The van der Waals surface area contributed by atoms with E-state index in [0.717, 1.165) is 46.3 Å². The van der Waals surface area contributed by atoms with Gasteiger partial charge in [0.2, 0.25) is 5.91 Å². The van der Waals surface area contributed by atoms with Gasteiger partial charge in [-0.15, -0.1) is 0 Å². The zero-order valence-electron chi connectivity index (χ0n) is 23.0. The van der Waals surface area contributed by atoms with Crippen LogP contribution in [0, 0.1) is 27.7 Å². The van der Waals surface area contributed by atoms with Gasteiger partial charge in [0.25, 0.3) is 5.91 Å². The predicted molar refractivity (Wildman–Crippen MR) is 144 cm³/mol. The Balaban J connectivity index is 2.46. The quantitative estimate of drug-likeness (QED) is 0.463. The van der Waals surface area contributed by atoms with Gasteiger partial charge in [-0.3, -0.25) is 9.59 Å². The number of rotatable bonds is 9. The summed E-state index contributed by atoms with van der Waals surface area (Å²) in [5, 5.41) is 5.64. The third-order valence-electron chi connectivity index (χ3n) is 6.09. The van der Waals surface area contributed by atoms with Crippen molar-refractivity contribution in [3.05, 3.63) is 64.2 Å². The molecular weight excluding hydrogens is 454 g/mol. The fourth-order valence-electron chi connectivity index (χ4n) is 4.01. The number of alkyl carbamates (subject to hydrolysis) is 1. The number of aryl methyl sites for hydroxylation is 3. The van der Waals surface area contributed by atoms with Gasteiger partial charge in [-0.25, -0.2) is 4.79 Å². The van der Waals surface area contributed by atoms with Crippen LogP contribution in [0.3, 0.4) is 0 Å². The summed E-state index contributed by atoms with van der Waals surface area (Å²) in [5.41, 5.74) is 4.71. The Labute approximate surface area is 215 Å². The molecule has 0 aromatic heterocycles. The highest BCUT2D eigenvalue weighted by atomic mass is 16.6. The van der Waals surface area contributed by atoms with Gasteiger partial charge in [0.05, 0.1) is 0 Å². The molecule has 2 rings (SSSR count). The van der Waals surface area contributed by atoms with Crippen molar-refractivity contribution in [2.24, 2.45) is 0 Å². The summed E-state index contributed by atoms with van der Waals surface area (Å²) in [6.45, 7) is 15.3. The van der Waals surface area contributed by atoms with Gasteiger partial charge >= 0.3 is 6.09 Å². The van der Waals surface area contributed by atoms with Crippen molar-refractivity contribution in [2.75, 3.05) is 18.4 Å². The SMILES string of the molecule is CCCCN(C(=O)CNC(=O)OC(C)(C)C)C(C(=O)Nc1c(C)cccc1C)c1cccc(C)c1C. The van der Waals surface area contributed by atoms with Crippen molar-refractivity contribution in [3.8, 4) is 0 Å². The number of anilines is 1. The normalized spacial score (nSPS) is 12.0. The van der Waals surface area contributed by atoms with E-state index >= 15 is 0 Å². The maximum Gasteiger partial charge on any atom is 0.408 e. The molecule has 7 heteroatoms. The van der Waals surface area contributed by atoms with E-state index in [1.807, 2.05) is 71.0 Å². The third kappa shape index (κ3) is 7.83. The minimum atomic E-state index is -0.858. The van der Waals surface area contributed by atoms with E-state index < -0.39 is 17.7 Å². The highest BCUT2D eigenvalue weighted by Crippen LogP contribution is 2.29. The Morgan fingerprint density at radius 2 is 1.53 bits per heavy atom. The first kappa shape index (κ1) is 28.9. The van der Waals surface area contributed by atoms with Crippen molar-refractivity contribution in [1.82, 2.24) is 10.2 Å². The molecule has 2 N–H and O–H groups in total. The largest absolute Gasteiger partial charge is 0.444 e. The second-order valence-corrected chi connectivity index (χ2v) is 10.2. The lowest BCUT2D eigenvalue weighted by atomic mass is 9.95. The van der Waals surface area contributed by atoms with Gasteiger partial charge in [0, 0.05) is 12.2 Å². The van der Waals surface area contributed by atoms with E-state index in [9.17, 15) is 14.4 Å². The van der Waals surface area contributed by atoms with Crippen LogP contribution in [0.25, 0.3) is 0 Å². The number of ether oxygens (including phenoxy) is 1. The number of amides is 3. The van der Waals surface area contributed by atoms with Crippen LogP contribution in [0.1, 0.15) is 74.4 Å². The summed E-state index contributed by atoms with van der Waals surface area (Å²) >= 11 is 0. The number of hydrogen-bond acceptors (Lipinski definition) is 4. The van der Waals surface area contributed by atoms with Gasteiger partial charge in [-0.1, -0.05) is 49.7 Å². The zero-order valence-corrected chi connectivity index (χ0v) is 23.0. The highest BCUT2D eigenvalue weighted by molar-refractivity contribution is 5.99. The summed E-state index contributed by atoms with van der Waals surface area (Å²) in [6, 6.07) is 10.8. The Hall–Kier alpha value is -3.35. The lowest BCUT2D eigenvalue weighted by Crippen LogP contribution is -2.47. The summed E-state index contributed by atoms with van der Waals surface area (Å²) in [6.07, 6.45) is 0.895. The Bertz CT molecular complexity index is 1070. The van der Waals surface area contributed by atoms with Crippen LogP contribution in [0.15, 0.2) is 36.4 Å². The molecule has 0 spiro atoms. The van der Waals surface area contributed by atoms with E-state index in [0.29, 0.717) is 6.54 Å². The number of para-hydroxylation sites is 1. The van der Waals surface area contributed by atoms with E-state index in [4.69, 9.17) is 4.74 Å². The Morgan fingerprint density at radius 1 is 0.944 bits per heavy atom. The number of unbranched alkanes of at least 4 members (excludes halogenated alkanes) is 1. The molecule has 3 amide bonds. The maximum absolute atomic E-state index is 13.9. The Morgan fingerprint density at radius 3 is 2.11 bits per heavy atom. The van der Waals surface area contributed by atoms with Crippen LogP contribution in [-0.4, -0.2) is 41.5 Å². The number of carbonyl (C=O) groups excluding carboxylic acids is 3. The maximum atomic E-state index is 13.9. The highest BCUT2D eigenvalue weighted by Gasteiger charge is 2.33. The molecule has 36 heavy (non-hydrogen) atoms. The number of nitrogens with zero attached hydrogens (tertiary/aromatic N) is 1. The Kier molecular flexibility index (Phi) is 10.1. The van der Waals surface area contributed by atoms with E-state index in [1.54, 1.807) is 25.7 Å². The molecule has 0 bridgehead atoms. The van der Waals surface area contributed by atoms with Crippen LogP contribution in [0.2, 0.25) is 0 Å². The van der Waals surface area contributed by atoms with Gasteiger partial charge in [0.1, 0.15) is 18.2 Å². The second kappa shape index (κ2) is 12.6. The smallest absolute Gasteiger partial charge is 0.408 e. The van der Waals surface area contributed by atoms with Crippen LogP contribution >= 0.6 is 0 Å². The van der Waals surface area contributed by atoms with Gasteiger partial charge < -0.3 is 20.3 Å². The van der Waals surface area contributed by atoms with Crippen molar-refractivity contribution in [1.29, 1.82) is 0 Å². The lowest BCUT2D eigenvalue weighted by Gasteiger charge is -2.33. The number of benzene rings is 2. The number of nitrogens with one attached hydrogen (secondary N) is 2. The molecule has 196 valence electrons. The molecule has 0 heterocycles. The van der Waals surface area contributed by atoms with Crippen LogP contribution < -0.4 is 10.6 Å². The molecule has 2 aromatic rings. The van der Waals surface area contributed by atoms with E-state index in [1.165, 1.54) is 0 Å². The van der Waals surface area contributed by atoms with E-state index in [2.05, 4.69) is 10.6 Å². The van der Waals surface area contributed by atoms with Crippen molar-refractivity contribution >= 4 is 23.6 Å². The number of hydrogen-bond donors (Lipinski definition) is 2. The van der Waals surface area contributed by atoms with E-state index in [-0.39, 0.29) is 18.4 Å². The fourth-order valence-corrected chi connectivity index (χ4v) is 4.01. The summed E-state index contributed by atoms with van der Waals surface area (Å²) < 4.78 is 5.28. The summed E-state index contributed by atoms with van der Waals surface area (Å²) in [7, 11) is 0. The van der Waals surface area contributed by atoms with Crippen molar-refractivity contribution < 1.29 is 19.1 Å². The average Bonchev–Trinajstić information content (AvgIpc) is 2.78. The van der Waals surface area contributed by atoms with Crippen molar-refractivity contribution in [3.63, 3.8) is 0 Å². The third-order valence-corrected chi connectivity index (χ3v) is 6.09. The molecule has 7 nitrogen and oxygen atoms in total. The van der Waals surface area contributed by atoms with Crippen LogP contribution in [-0.2, 0) is 14.3 Å². The molecule has 1 unspecified atom stereocenters. The standard InChI is InChI=1S/C29H41N3O4/c1-9-10-17-32(24(33)18-30-28(35)36-29(6,7)8)26(23-16-12-13-19(2)22(23)5)27(34)31-25-20(3)14-11-15-21(25)4/h11-16,26H,9-10,17-18H2,1-8H3,(H,30,35)(H,31,34). The molecule has 0 fully saturated rings. The molecule has 2 aromatic carbocycles. The minimum absolute atomic E-state index is 0.267. The van der Waals surface area contributed by atoms with Crippen LogP contribution in [0.4, 0.5) is 10.5 Å². The first-order chi connectivity index (χ1) is 16.9.